The number of carbonyl (C=O) groups excluding carboxylic acids is 1. The zero-order valence-corrected chi connectivity index (χ0v) is 13.6. The van der Waals surface area contributed by atoms with E-state index in [4.69, 9.17) is 10.6 Å². The van der Waals surface area contributed by atoms with Crippen LogP contribution < -0.4 is 10.6 Å². The summed E-state index contributed by atoms with van der Waals surface area (Å²) in [5.74, 6) is 4.60. The van der Waals surface area contributed by atoms with E-state index in [-0.39, 0.29) is 0 Å². The topological polar surface area (TPSA) is 77.7 Å². The molecule has 128 valence electrons. The molecule has 6 nitrogen and oxygen atoms in total. The van der Waals surface area contributed by atoms with Crippen LogP contribution in [0.4, 0.5) is 4.39 Å². The second kappa shape index (κ2) is 8.37. The Morgan fingerprint density at radius 3 is 2.50 bits per heavy atom. The molecule has 0 radical (unpaired) electrons. The highest BCUT2D eigenvalue weighted by molar-refractivity contribution is 5.74. The number of rotatable bonds is 7. The van der Waals surface area contributed by atoms with Crippen molar-refractivity contribution in [3.63, 3.8) is 0 Å². The molecule has 1 heterocycles. The van der Waals surface area contributed by atoms with Crippen LogP contribution in [0.5, 0.6) is 5.75 Å². The fourth-order valence-electron chi connectivity index (χ4n) is 2.05. The maximum Gasteiger partial charge on any atom is 0.341 e. The van der Waals surface area contributed by atoms with Gasteiger partial charge in [0.05, 0.1) is 0 Å². The predicted octanol–water partition coefficient (Wildman–Crippen LogP) is 2.04. The van der Waals surface area contributed by atoms with Crippen LogP contribution in [-0.2, 0) is 22.8 Å². The van der Waals surface area contributed by atoms with Crippen molar-refractivity contribution in [2.45, 2.75) is 26.1 Å². The van der Waals surface area contributed by atoms with Crippen molar-refractivity contribution < 1.29 is 18.8 Å². The Morgan fingerprint density at radius 2 is 1.92 bits per heavy atom. The van der Waals surface area contributed by atoms with Crippen LogP contribution in [0.1, 0.15) is 18.1 Å². The normalized spacial score (nSPS) is 12.0. The monoisotopic (exact) mass is 333 g/mol. The molecule has 2 rings (SSSR count). The van der Waals surface area contributed by atoms with Crippen LogP contribution in [0.15, 0.2) is 42.6 Å². The van der Waals surface area contributed by atoms with Gasteiger partial charge in [0.15, 0.2) is 0 Å². The minimum absolute atomic E-state index is 0.311. The van der Waals surface area contributed by atoms with Crippen molar-refractivity contribution in [3.8, 4) is 5.75 Å². The smallest absolute Gasteiger partial charge is 0.341 e. The molecule has 0 amide bonds. The number of likely N-dealkylation sites (N-methyl/N-ethyl adjacent to an activating group) is 1. The Balaban J connectivity index is 1.88. The first kappa shape index (κ1) is 17.8. The molecule has 0 aliphatic heterocycles. The molecule has 0 aliphatic carbocycles. The molecule has 0 spiro atoms. The summed E-state index contributed by atoms with van der Waals surface area (Å²) in [6.45, 7) is 2.60. The number of hydrogen-bond donors (Lipinski definition) is 1. The lowest BCUT2D eigenvalue weighted by Crippen LogP contribution is -2.37. The summed E-state index contributed by atoms with van der Waals surface area (Å²) in [4.78, 5) is 21.0. The number of halogens is 1. The van der Waals surface area contributed by atoms with E-state index in [0.29, 0.717) is 18.9 Å². The van der Waals surface area contributed by atoms with Gasteiger partial charge in [0.25, 0.3) is 0 Å². The molecule has 0 fully saturated rings. The standard InChI is InChI=1S/C17H20FN3O3/c1-12(17(22)24-19)21(2)10-13-3-6-15(7-4-13)23-11-14-5-8-16(18)20-9-14/h3-9,12H,10-11,19H2,1-2H3. The maximum absolute atomic E-state index is 12.7. The molecule has 1 unspecified atom stereocenters. The first-order valence-electron chi connectivity index (χ1n) is 7.42. The molecule has 2 aromatic rings. The highest BCUT2D eigenvalue weighted by Gasteiger charge is 2.18. The molecule has 2 N–H and O–H groups in total. The summed E-state index contributed by atoms with van der Waals surface area (Å²) in [6, 6.07) is 9.99. The third-order valence-corrected chi connectivity index (χ3v) is 3.67. The van der Waals surface area contributed by atoms with Gasteiger partial charge in [-0.3, -0.25) is 4.90 Å². The molecule has 7 heteroatoms. The lowest BCUT2D eigenvalue weighted by atomic mass is 10.2. The number of nitrogens with two attached hydrogens (primary N) is 1. The number of carbonyl (C=O) groups is 1. The Kier molecular flexibility index (Phi) is 6.22. The van der Waals surface area contributed by atoms with Gasteiger partial charge in [-0.2, -0.15) is 10.3 Å². The van der Waals surface area contributed by atoms with Gasteiger partial charge >= 0.3 is 5.97 Å². The van der Waals surface area contributed by atoms with E-state index >= 15 is 0 Å². The molecule has 1 aromatic carbocycles. The molecule has 0 aliphatic rings. The van der Waals surface area contributed by atoms with E-state index in [1.807, 2.05) is 36.2 Å². The molecular weight excluding hydrogens is 313 g/mol. The number of benzene rings is 1. The number of ether oxygens (including phenoxy) is 1. The molecule has 0 saturated heterocycles. The maximum atomic E-state index is 12.7. The zero-order chi connectivity index (χ0) is 17.5. The molecule has 1 atom stereocenters. The number of pyridine rings is 1. The summed E-state index contributed by atoms with van der Waals surface area (Å²) < 4.78 is 18.4. The molecule has 24 heavy (non-hydrogen) atoms. The minimum atomic E-state index is -0.514. The van der Waals surface area contributed by atoms with Crippen molar-refractivity contribution in [2.24, 2.45) is 5.90 Å². The van der Waals surface area contributed by atoms with Gasteiger partial charge in [0.2, 0.25) is 5.95 Å². The Hall–Kier alpha value is -2.51. The number of aromatic nitrogens is 1. The van der Waals surface area contributed by atoms with Crippen LogP contribution in [0.2, 0.25) is 0 Å². The van der Waals surface area contributed by atoms with Gasteiger partial charge in [-0.25, -0.2) is 9.78 Å². The van der Waals surface area contributed by atoms with Crippen molar-refractivity contribution >= 4 is 5.97 Å². The minimum Gasteiger partial charge on any atom is -0.489 e. The van der Waals surface area contributed by atoms with Gasteiger partial charge in [-0.05, 0) is 43.8 Å². The SMILES string of the molecule is CC(C(=O)ON)N(C)Cc1ccc(OCc2ccc(F)nc2)cc1. The van der Waals surface area contributed by atoms with E-state index in [0.717, 1.165) is 11.1 Å². The van der Waals surface area contributed by atoms with E-state index in [9.17, 15) is 9.18 Å². The predicted molar refractivity (Wildman–Crippen MR) is 86.2 cm³/mol. The fourth-order valence-corrected chi connectivity index (χ4v) is 2.05. The quantitative estimate of drug-likeness (QED) is 0.617. The van der Waals surface area contributed by atoms with Crippen LogP contribution >= 0.6 is 0 Å². The summed E-state index contributed by atoms with van der Waals surface area (Å²) in [5, 5.41) is 0. The highest BCUT2D eigenvalue weighted by atomic mass is 19.1. The third kappa shape index (κ3) is 5.00. The lowest BCUT2D eigenvalue weighted by molar-refractivity contribution is -0.149. The van der Waals surface area contributed by atoms with Crippen LogP contribution in [-0.4, -0.2) is 28.9 Å². The van der Waals surface area contributed by atoms with Gasteiger partial charge in [0, 0.05) is 18.3 Å². The average Bonchev–Trinajstić information content (AvgIpc) is 2.61. The van der Waals surface area contributed by atoms with Gasteiger partial charge in [-0.1, -0.05) is 12.1 Å². The average molecular weight is 333 g/mol. The second-order valence-corrected chi connectivity index (χ2v) is 5.45. The third-order valence-electron chi connectivity index (χ3n) is 3.67. The van der Waals surface area contributed by atoms with Crippen molar-refractivity contribution in [1.29, 1.82) is 0 Å². The van der Waals surface area contributed by atoms with Crippen LogP contribution in [0, 0.1) is 5.95 Å². The molecule has 0 saturated carbocycles. The summed E-state index contributed by atoms with van der Waals surface area (Å²) in [7, 11) is 1.81. The molecule has 0 bridgehead atoms. The largest absolute Gasteiger partial charge is 0.489 e. The van der Waals surface area contributed by atoms with E-state index in [1.165, 1.54) is 12.3 Å². The van der Waals surface area contributed by atoms with Crippen LogP contribution in [0.3, 0.4) is 0 Å². The second-order valence-electron chi connectivity index (χ2n) is 5.45. The Labute approximate surface area is 140 Å². The summed E-state index contributed by atoms with van der Waals surface area (Å²) in [6.07, 6.45) is 1.44. The summed E-state index contributed by atoms with van der Waals surface area (Å²) >= 11 is 0. The summed E-state index contributed by atoms with van der Waals surface area (Å²) in [5.41, 5.74) is 1.80. The van der Waals surface area contributed by atoms with E-state index in [2.05, 4.69) is 9.82 Å². The first-order valence-corrected chi connectivity index (χ1v) is 7.42. The number of nitrogens with zero attached hydrogens (tertiary/aromatic N) is 2. The fraction of sp³-hybridized carbons (Fsp3) is 0.294. The lowest BCUT2D eigenvalue weighted by Gasteiger charge is -2.22. The van der Waals surface area contributed by atoms with Crippen molar-refractivity contribution in [2.75, 3.05) is 7.05 Å². The zero-order valence-electron chi connectivity index (χ0n) is 13.6. The van der Waals surface area contributed by atoms with Gasteiger partial charge < -0.3 is 9.57 Å². The molecular formula is C17H20FN3O3. The Bertz CT molecular complexity index is 662. The first-order chi connectivity index (χ1) is 11.5. The van der Waals surface area contributed by atoms with Crippen molar-refractivity contribution in [3.05, 3.63) is 59.7 Å². The van der Waals surface area contributed by atoms with E-state index in [1.54, 1.807) is 13.0 Å². The highest BCUT2D eigenvalue weighted by Crippen LogP contribution is 2.16. The van der Waals surface area contributed by atoms with Gasteiger partial charge in [-0.15, -0.1) is 0 Å². The van der Waals surface area contributed by atoms with E-state index < -0.39 is 18.0 Å². The van der Waals surface area contributed by atoms with Crippen LogP contribution in [0.25, 0.3) is 0 Å². The van der Waals surface area contributed by atoms with Gasteiger partial charge in [0.1, 0.15) is 18.4 Å². The Morgan fingerprint density at radius 1 is 1.25 bits per heavy atom. The number of hydrogen-bond acceptors (Lipinski definition) is 6. The van der Waals surface area contributed by atoms with Crippen molar-refractivity contribution in [1.82, 2.24) is 9.88 Å². The molecule has 1 aromatic heterocycles.